The maximum absolute atomic E-state index is 12.9. The minimum absolute atomic E-state index is 0.0903. The van der Waals surface area contributed by atoms with Gasteiger partial charge in [0.2, 0.25) is 11.5 Å². The zero-order valence-corrected chi connectivity index (χ0v) is 18.8. The molecule has 1 aromatic carbocycles. The van der Waals surface area contributed by atoms with Gasteiger partial charge in [0.1, 0.15) is 17.6 Å². The second-order valence-electron chi connectivity index (χ2n) is 8.51. The number of nitrogens with zero attached hydrogens (tertiary/aromatic N) is 3. The van der Waals surface area contributed by atoms with Crippen LogP contribution in [0.1, 0.15) is 30.7 Å². The van der Waals surface area contributed by atoms with Crippen molar-refractivity contribution in [1.29, 1.82) is 0 Å². The number of fused-ring (bicyclic) bond motifs is 3. The van der Waals surface area contributed by atoms with E-state index >= 15 is 0 Å². The van der Waals surface area contributed by atoms with Crippen LogP contribution in [-0.2, 0) is 11.3 Å². The number of thiophene rings is 1. The van der Waals surface area contributed by atoms with Crippen LogP contribution in [0.5, 0.6) is 0 Å². The molecule has 1 aliphatic heterocycles. The third kappa shape index (κ3) is 4.08. The highest BCUT2D eigenvalue weighted by molar-refractivity contribution is 7.10. The first-order valence-electron chi connectivity index (χ1n) is 11.0. The molecule has 4 heterocycles. The quantitative estimate of drug-likeness (QED) is 0.483. The second kappa shape index (κ2) is 8.88. The first kappa shape index (κ1) is 20.9. The van der Waals surface area contributed by atoms with Gasteiger partial charge in [-0.1, -0.05) is 25.1 Å². The number of aromatic nitrogens is 2. The van der Waals surface area contributed by atoms with Crippen LogP contribution in [-0.4, -0.2) is 40.0 Å². The van der Waals surface area contributed by atoms with Gasteiger partial charge in [0.05, 0.1) is 12.4 Å². The second-order valence-corrected chi connectivity index (χ2v) is 9.49. The molecule has 4 aromatic rings. The fourth-order valence-electron chi connectivity index (χ4n) is 4.38. The van der Waals surface area contributed by atoms with Gasteiger partial charge in [-0.05, 0) is 55.4 Å². The molecule has 32 heavy (non-hydrogen) atoms. The summed E-state index contributed by atoms with van der Waals surface area (Å²) in [5.41, 5.74) is 0.977. The average molecular weight is 451 g/mol. The molecule has 1 aliphatic rings. The molecule has 166 valence electrons. The number of rotatable bonds is 6. The predicted octanol–water partition coefficient (Wildman–Crippen LogP) is 3.79. The molecule has 1 atom stereocenters. The van der Waals surface area contributed by atoms with Crippen LogP contribution in [0.2, 0.25) is 0 Å². The number of carbonyl (C=O) groups is 1. The Kier molecular flexibility index (Phi) is 5.80. The van der Waals surface area contributed by atoms with Crippen molar-refractivity contribution >= 4 is 39.3 Å². The monoisotopic (exact) mass is 450 g/mol. The van der Waals surface area contributed by atoms with E-state index in [9.17, 15) is 9.59 Å². The van der Waals surface area contributed by atoms with Crippen LogP contribution >= 0.6 is 11.3 Å². The highest BCUT2D eigenvalue weighted by Crippen LogP contribution is 2.29. The molecular formula is C24H26N4O3S. The Labute approximate surface area is 189 Å². The van der Waals surface area contributed by atoms with E-state index in [0.717, 1.165) is 24.4 Å². The fourth-order valence-corrected chi connectivity index (χ4v) is 5.24. The lowest BCUT2D eigenvalue weighted by Gasteiger charge is -2.36. The normalized spacial score (nSPS) is 16.5. The van der Waals surface area contributed by atoms with E-state index in [4.69, 9.17) is 4.42 Å². The number of amides is 1. The number of para-hydroxylation sites is 1. The van der Waals surface area contributed by atoms with Crippen molar-refractivity contribution < 1.29 is 9.21 Å². The number of furan rings is 1. The van der Waals surface area contributed by atoms with E-state index < -0.39 is 0 Å². The van der Waals surface area contributed by atoms with Crippen LogP contribution in [0.3, 0.4) is 0 Å². The minimum atomic E-state index is -0.346. The Morgan fingerprint density at radius 2 is 2.06 bits per heavy atom. The van der Waals surface area contributed by atoms with Gasteiger partial charge in [-0.2, -0.15) is 0 Å². The van der Waals surface area contributed by atoms with Crippen LogP contribution in [0.15, 0.2) is 57.3 Å². The molecule has 0 aliphatic carbocycles. The van der Waals surface area contributed by atoms with E-state index in [0.29, 0.717) is 17.6 Å². The summed E-state index contributed by atoms with van der Waals surface area (Å²) < 4.78 is 7.02. The van der Waals surface area contributed by atoms with Gasteiger partial charge >= 0.3 is 0 Å². The number of nitrogens with one attached hydrogen (secondary N) is 1. The molecule has 5 rings (SSSR count). The topological polar surface area (TPSA) is 80.4 Å². The van der Waals surface area contributed by atoms with E-state index in [1.807, 2.05) is 18.2 Å². The largest absolute Gasteiger partial charge is 0.448 e. The van der Waals surface area contributed by atoms with Gasteiger partial charge in [0.25, 0.3) is 5.56 Å². The lowest BCUT2D eigenvalue weighted by Crippen LogP contribution is -2.42. The highest BCUT2D eigenvalue weighted by atomic mass is 32.1. The van der Waals surface area contributed by atoms with Gasteiger partial charge in [-0.3, -0.25) is 19.1 Å². The predicted molar refractivity (Wildman–Crippen MR) is 126 cm³/mol. The van der Waals surface area contributed by atoms with E-state index in [1.54, 1.807) is 17.4 Å². The summed E-state index contributed by atoms with van der Waals surface area (Å²) >= 11 is 1.72. The summed E-state index contributed by atoms with van der Waals surface area (Å²) in [5, 5.41) is 5.91. The number of carbonyl (C=O) groups excluding carboxylic acids is 1. The van der Waals surface area contributed by atoms with Crippen molar-refractivity contribution in [3.8, 4) is 0 Å². The van der Waals surface area contributed by atoms with Crippen molar-refractivity contribution in [2.75, 3.05) is 19.6 Å². The molecule has 3 aromatic heterocycles. The maximum Gasteiger partial charge on any atom is 0.297 e. The van der Waals surface area contributed by atoms with Gasteiger partial charge in [-0.15, -0.1) is 11.3 Å². The first-order valence-corrected chi connectivity index (χ1v) is 11.9. The molecule has 0 spiro atoms. The lowest BCUT2D eigenvalue weighted by atomic mass is 9.97. The molecule has 1 amide bonds. The Hall–Kier alpha value is -2.97. The molecule has 1 saturated heterocycles. The summed E-state index contributed by atoms with van der Waals surface area (Å²) in [4.78, 5) is 33.7. The average Bonchev–Trinajstić information content (AvgIpc) is 3.46. The molecule has 8 heteroatoms. The highest BCUT2D eigenvalue weighted by Gasteiger charge is 2.26. The molecular weight excluding hydrogens is 424 g/mol. The van der Waals surface area contributed by atoms with Crippen LogP contribution in [0.4, 0.5) is 0 Å². The summed E-state index contributed by atoms with van der Waals surface area (Å²) in [6, 6.07) is 11.7. The minimum Gasteiger partial charge on any atom is -0.448 e. The smallest absolute Gasteiger partial charge is 0.297 e. The van der Waals surface area contributed by atoms with E-state index in [1.165, 1.54) is 28.6 Å². The third-order valence-electron chi connectivity index (χ3n) is 6.29. The third-order valence-corrected chi connectivity index (χ3v) is 7.26. The van der Waals surface area contributed by atoms with Gasteiger partial charge in [0, 0.05) is 16.8 Å². The van der Waals surface area contributed by atoms with E-state index in [-0.39, 0.29) is 29.6 Å². The van der Waals surface area contributed by atoms with Crippen LogP contribution < -0.4 is 10.9 Å². The standard InChI is InChI=1S/C24H26N4O3S/c1-16-8-10-27(11-9-16)18(20-7-4-12-32-20)13-25-21(29)14-28-15-26-22-17-5-2-3-6-19(17)31-23(22)24(28)30/h2-7,12,15-16,18H,8-11,13-14H2,1H3,(H,25,29)/t18-/m1/s1. The van der Waals surface area contributed by atoms with Crippen molar-refractivity contribution in [2.45, 2.75) is 32.4 Å². The Balaban J connectivity index is 1.30. The van der Waals surface area contributed by atoms with Crippen LogP contribution in [0, 0.1) is 5.92 Å². The Morgan fingerprint density at radius 1 is 1.25 bits per heavy atom. The van der Waals surface area contributed by atoms with Gasteiger partial charge in [0.15, 0.2) is 0 Å². The summed E-state index contributed by atoms with van der Waals surface area (Å²) in [6.45, 7) is 4.79. The first-order chi connectivity index (χ1) is 15.6. The fraction of sp³-hybridized carbons (Fsp3) is 0.375. The van der Waals surface area contributed by atoms with Crippen molar-refractivity contribution in [2.24, 2.45) is 5.92 Å². The van der Waals surface area contributed by atoms with E-state index in [2.05, 4.69) is 39.6 Å². The maximum atomic E-state index is 12.9. The summed E-state index contributed by atoms with van der Waals surface area (Å²) in [5.74, 6) is 0.536. The molecule has 0 radical (unpaired) electrons. The molecule has 0 saturated carbocycles. The zero-order valence-electron chi connectivity index (χ0n) is 18.0. The summed E-state index contributed by atoms with van der Waals surface area (Å²) in [6.07, 6.45) is 3.78. The van der Waals surface area contributed by atoms with Crippen molar-refractivity contribution in [3.63, 3.8) is 0 Å². The Morgan fingerprint density at radius 3 is 2.84 bits per heavy atom. The molecule has 7 nitrogen and oxygen atoms in total. The van der Waals surface area contributed by atoms with Gasteiger partial charge < -0.3 is 9.73 Å². The lowest BCUT2D eigenvalue weighted by molar-refractivity contribution is -0.122. The SMILES string of the molecule is CC1CCN([C@H](CNC(=O)Cn2cnc3c(oc4ccccc43)c2=O)c2cccs2)CC1. The number of piperidine rings is 1. The molecule has 1 N–H and O–H groups in total. The van der Waals surface area contributed by atoms with Gasteiger partial charge in [-0.25, -0.2) is 4.98 Å². The van der Waals surface area contributed by atoms with Crippen molar-refractivity contribution in [3.05, 3.63) is 63.3 Å². The number of likely N-dealkylation sites (tertiary alicyclic amines) is 1. The number of hydrogen-bond acceptors (Lipinski definition) is 6. The summed E-state index contributed by atoms with van der Waals surface area (Å²) in [7, 11) is 0. The van der Waals surface area contributed by atoms with Crippen molar-refractivity contribution in [1.82, 2.24) is 19.8 Å². The Bertz CT molecular complexity index is 1290. The number of hydrogen-bond donors (Lipinski definition) is 1. The zero-order chi connectivity index (χ0) is 22.1. The molecule has 1 fully saturated rings. The van der Waals surface area contributed by atoms with Crippen LogP contribution in [0.25, 0.3) is 22.1 Å². The number of benzene rings is 1. The molecule has 0 bridgehead atoms. The molecule has 0 unspecified atom stereocenters.